The predicted molar refractivity (Wildman–Crippen MR) is 137 cm³/mol. The van der Waals surface area contributed by atoms with Crippen molar-refractivity contribution in [1.29, 1.82) is 0 Å². The fourth-order valence-electron chi connectivity index (χ4n) is 5.16. The lowest BCUT2D eigenvalue weighted by atomic mass is 9.84. The summed E-state index contributed by atoms with van der Waals surface area (Å²) < 4.78 is 0. The predicted octanol–water partition coefficient (Wildman–Crippen LogP) is 5.36. The van der Waals surface area contributed by atoms with E-state index in [0.717, 1.165) is 49.3 Å². The lowest BCUT2D eigenvalue weighted by Gasteiger charge is -2.39. The van der Waals surface area contributed by atoms with Crippen molar-refractivity contribution >= 4 is 11.9 Å². The third-order valence-electron chi connectivity index (χ3n) is 7.55. The molecule has 0 radical (unpaired) electrons. The maximum atomic E-state index is 10.6. The molecule has 0 amide bonds. The van der Waals surface area contributed by atoms with Crippen LogP contribution in [-0.2, 0) is 10.8 Å². The zero-order chi connectivity index (χ0) is 24.4. The van der Waals surface area contributed by atoms with Gasteiger partial charge in [0, 0.05) is 42.8 Å². The van der Waals surface area contributed by atoms with E-state index >= 15 is 0 Å². The van der Waals surface area contributed by atoms with E-state index in [1.54, 1.807) is 0 Å². The van der Waals surface area contributed by atoms with Crippen molar-refractivity contribution in [2.45, 2.75) is 115 Å². The first-order chi connectivity index (χ1) is 16.1. The van der Waals surface area contributed by atoms with Gasteiger partial charge in [-0.05, 0) is 55.1 Å². The second-order valence-electron chi connectivity index (χ2n) is 12.0. The molecule has 0 atom stereocenters. The van der Waals surface area contributed by atoms with Crippen LogP contribution in [-0.4, -0.2) is 43.4 Å². The van der Waals surface area contributed by atoms with E-state index in [-0.39, 0.29) is 10.8 Å². The maximum absolute atomic E-state index is 10.6. The summed E-state index contributed by atoms with van der Waals surface area (Å²) >= 11 is 0. The normalized spacial score (nSPS) is 19.2. The van der Waals surface area contributed by atoms with Gasteiger partial charge in [0.05, 0.1) is 0 Å². The van der Waals surface area contributed by atoms with Crippen LogP contribution >= 0.6 is 0 Å². The fraction of sp³-hybridized carbons (Fsp3) is 0.704. The van der Waals surface area contributed by atoms with Crippen molar-refractivity contribution in [1.82, 2.24) is 19.9 Å². The average molecular weight is 467 g/mol. The number of hydrogen-bond donors (Lipinski definition) is 2. The molecule has 2 heterocycles. The van der Waals surface area contributed by atoms with Gasteiger partial charge in [0.2, 0.25) is 11.9 Å². The van der Waals surface area contributed by atoms with E-state index < -0.39 is 5.72 Å². The van der Waals surface area contributed by atoms with Gasteiger partial charge in [0.25, 0.3) is 0 Å². The monoisotopic (exact) mass is 466 g/mol. The van der Waals surface area contributed by atoms with Crippen LogP contribution in [0.15, 0.2) is 24.8 Å². The SMILES string of the molecule is CC(C)(C)c1cnc(N(CC(C)(C)c2cnc(NC3(O)CCCC3)nc2)C2CCCCC2)nc1. The van der Waals surface area contributed by atoms with Crippen molar-refractivity contribution in [3.05, 3.63) is 35.9 Å². The van der Waals surface area contributed by atoms with Gasteiger partial charge in [0.1, 0.15) is 5.72 Å². The molecule has 0 bridgehead atoms. The Morgan fingerprint density at radius 3 is 1.97 bits per heavy atom. The van der Waals surface area contributed by atoms with Gasteiger partial charge >= 0.3 is 0 Å². The Bertz CT molecular complexity index is 923. The average Bonchev–Trinajstić information content (AvgIpc) is 3.24. The van der Waals surface area contributed by atoms with Gasteiger partial charge in [-0.3, -0.25) is 0 Å². The van der Waals surface area contributed by atoms with Gasteiger partial charge in [-0.2, -0.15) is 0 Å². The second kappa shape index (κ2) is 9.76. The number of rotatable bonds is 7. The summed E-state index contributed by atoms with van der Waals surface area (Å²) in [7, 11) is 0. The lowest BCUT2D eigenvalue weighted by Crippen LogP contribution is -2.45. The Morgan fingerprint density at radius 2 is 1.41 bits per heavy atom. The molecular formula is C27H42N6O. The summed E-state index contributed by atoms with van der Waals surface area (Å²) in [5, 5.41) is 13.8. The Hall–Kier alpha value is -2.28. The molecule has 34 heavy (non-hydrogen) atoms. The van der Waals surface area contributed by atoms with Crippen LogP contribution in [0.3, 0.4) is 0 Å². The minimum atomic E-state index is -0.870. The highest BCUT2D eigenvalue weighted by Gasteiger charge is 2.33. The van der Waals surface area contributed by atoms with E-state index in [0.29, 0.717) is 12.0 Å². The summed E-state index contributed by atoms with van der Waals surface area (Å²) in [6, 6.07) is 0.451. The van der Waals surface area contributed by atoms with Gasteiger partial charge in [0.15, 0.2) is 0 Å². The summed E-state index contributed by atoms with van der Waals surface area (Å²) in [6.07, 6.45) is 17.5. The standard InChI is InChI=1S/C27H42N6O/c1-25(2,3)20-15-30-24(31-16-20)33(22-11-7-6-8-12-22)19-26(4,5)21-17-28-23(29-18-21)32-27(34)13-9-10-14-27/h15-18,22,34H,6-14,19H2,1-5H3,(H,28,29,32). The molecule has 7 nitrogen and oxygen atoms in total. The number of hydrogen-bond acceptors (Lipinski definition) is 7. The quantitative estimate of drug-likeness (QED) is 0.531. The molecule has 2 fully saturated rings. The van der Waals surface area contributed by atoms with E-state index in [1.807, 2.05) is 24.8 Å². The first-order valence-electron chi connectivity index (χ1n) is 13.0. The summed E-state index contributed by atoms with van der Waals surface area (Å²) in [6.45, 7) is 11.9. The number of nitrogens with one attached hydrogen (secondary N) is 1. The third-order valence-corrected chi connectivity index (χ3v) is 7.55. The van der Waals surface area contributed by atoms with Crippen LogP contribution in [0.5, 0.6) is 0 Å². The Kier molecular flexibility index (Phi) is 7.13. The van der Waals surface area contributed by atoms with Crippen molar-refractivity contribution in [3.63, 3.8) is 0 Å². The van der Waals surface area contributed by atoms with Gasteiger partial charge in [-0.15, -0.1) is 0 Å². The zero-order valence-corrected chi connectivity index (χ0v) is 21.6. The molecule has 2 aromatic heterocycles. The molecule has 0 aliphatic heterocycles. The molecule has 2 aliphatic rings. The van der Waals surface area contributed by atoms with Gasteiger partial charge in [-0.25, -0.2) is 19.9 Å². The largest absolute Gasteiger partial charge is 0.371 e. The maximum Gasteiger partial charge on any atom is 0.225 e. The van der Waals surface area contributed by atoms with Crippen LogP contribution in [0.4, 0.5) is 11.9 Å². The van der Waals surface area contributed by atoms with Gasteiger partial charge < -0.3 is 15.3 Å². The molecular weight excluding hydrogens is 424 g/mol. The molecule has 2 N–H and O–H groups in total. The highest BCUT2D eigenvalue weighted by Crippen LogP contribution is 2.33. The third kappa shape index (κ3) is 5.85. The first kappa shape index (κ1) is 24.8. The van der Waals surface area contributed by atoms with Crippen LogP contribution in [0.1, 0.15) is 104 Å². The molecule has 0 saturated heterocycles. The van der Waals surface area contributed by atoms with Gasteiger partial charge in [-0.1, -0.05) is 53.9 Å². The molecule has 0 aromatic carbocycles. The van der Waals surface area contributed by atoms with Crippen LogP contribution in [0.25, 0.3) is 0 Å². The van der Waals surface area contributed by atoms with Crippen molar-refractivity contribution in [2.24, 2.45) is 0 Å². The Balaban J connectivity index is 1.53. The highest BCUT2D eigenvalue weighted by atomic mass is 16.3. The molecule has 186 valence electrons. The van der Waals surface area contributed by atoms with E-state index in [9.17, 15) is 5.11 Å². The molecule has 4 rings (SSSR count). The molecule has 7 heteroatoms. The summed E-state index contributed by atoms with van der Waals surface area (Å²) in [5.74, 6) is 1.31. The number of aromatic nitrogens is 4. The first-order valence-corrected chi connectivity index (χ1v) is 13.0. The van der Waals surface area contributed by atoms with Crippen LogP contribution in [0, 0.1) is 0 Å². The Labute approximate surface area is 204 Å². The van der Waals surface area contributed by atoms with Crippen LogP contribution < -0.4 is 10.2 Å². The summed E-state index contributed by atoms with van der Waals surface area (Å²) in [5.41, 5.74) is 1.20. The molecule has 0 spiro atoms. The fourth-order valence-corrected chi connectivity index (χ4v) is 5.16. The molecule has 2 aromatic rings. The van der Waals surface area contributed by atoms with Crippen LogP contribution in [0.2, 0.25) is 0 Å². The second-order valence-corrected chi connectivity index (χ2v) is 12.0. The minimum absolute atomic E-state index is 0.0340. The molecule has 2 saturated carbocycles. The van der Waals surface area contributed by atoms with Crippen molar-refractivity contribution in [3.8, 4) is 0 Å². The smallest absolute Gasteiger partial charge is 0.225 e. The highest BCUT2D eigenvalue weighted by molar-refractivity contribution is 5.37. The van der Waals surface area contributed by atoms with E-state index in [4.69, 9.17) is 9.97 Å². The minimum Gasteiger partial charge on any atom is -0.371 e. The molecule has 0 unspecified atom stereocenters. The Morgan fingerprint density at radius 1 is 0.853 bits per heavy atom. The number of nitrogens with zero attached hydrogens (tertiary/aromatic N) is 5. The van der Waals surface area contributed by atoms with Crippen molar-refractivity contribution < 1.29 is 5.11 Å². The number of anilines is 2. The topological polar surface area (TPSA) is 87.1 Å². The van der Waals surface area contributed by atoms with E-state index in [2.05, 4.69) is 54.8 Å². The number of aliphatic hydroxyl groups is 1. The summed E-state index contributed by atoms with van der Waals surface area (Å²) in [4.78, 5) is 21.2. The lowest BCUT2D eigenvalue weighted by molar-refractivity contribution is 0.0770. The van der Waals surface area contributed by atoms with Crippen molar-refractivity contribution in [2.75, 3.05) is 16.8 Å². The molecule has 2 aliphatic carbocycles. The van der Waals surface area contributed by atoms with E-state index in [1.165, 1.54) is 32.1 Å². The zero-order valence-electron chi connectivity index (χ0n) is 21.6.